The number of carboxylic acids is 1. The number of amides is 1. The normalized spacial score (nSPS) is 16.8. The molecule has 0 saturated heterocycles. The van der Waals surface area contributed by atoms with Crippen molar-refractivity contribution in [2.75, 3.05) is 0 Å². The van der Waals surface area contributed by atoms with Crippen molar-refractivity contribution in [2.24, 2.45) is 5.41 Å². The number of carbonyl (C=O) groups is 2. The van der Waals surface area contributed by atoms with Gasteiger partial charge in [-0.1, -0.05) is 67.1 Å². The zero-order valence-electron chi connectivity index (χ0n) is 15.0. The van der Waals surface area contributed by atoms with Crippen LogP contribution >= 0.6 is 11.6 Å². The first kappa shape index (κ1) is 19.2. The van der Waals surface area contributed by atoms with E-state index < -0.39 is 24.0 Å². The highest BCUT2D eigenvalue weighted by molar-refractivity contribution is 6.31. The molecule has 5 nitrogen and oxygen atoms in total. The van der Waals surface area contributed by atoms with Gasteiger partial charge in [-0.05, 0) is 35.4 Å². The fourth-order valence-electron chi connectivity index (χ4n) is 3.37. The second-order valence-corrected chi connectivity index (χ2v) is 7.58. The van der Waals surface area contributed by atoms with Gasteiger partial charge in [0.05, 0.1) is 0 Å². The number of carbonyl (C=O) groups excluding carboxylic acids is 1. The number of ether oxygens (including phenoxy) is 1. The first-order valence-corrected chi connectivity index (χ1v) is 9.23. The maximum Gasteiger partial charge on any atom is 0.408 e. The average molecular weight is 388 g/mol. The van der Waals surface area contributed by atoms with Crippen LogP contribution in [0.5, 0.6) is 0 Å². The topological polar surface area (TPSA) is 75.6 Å². The molecule has 1 saturated carbocycles. The number of hydrogen-bond acceptors (Lipinski definition) is 3. The monoisotopic (exact) mass is 387 g/mol. The second-order valence-electron chi connectivity index (χ2n) is 7.18. The SMILES string of the molecule is CC1([C@@H](c2ccccc2Cl)[C@H](NC(=O)OCc2ccccc2)C(=O)O)CC1. The van der Waals surface area contributed by atoms with Crippen molar-refractivity contribution in [3.8, 4) is 0 Å². The minimum absolute atomic E-state index is 0.0764. The molecule has 0 aromatic heterocycles. The van der Waals surface area contributed by atoms with Crippen LogP contribution in [0.15, 0.2) is 54.6 Å². The van der Waals surface area contributed by atoms with E-state index in [4.69, 9.17) is 16.3 Å². The first-order valence-electron chi connectivity index (χ1n) is 8.85. The summed E-state index contributed by atoms with van der Waals surface area (Å²) in [5.74, 6) is -1.54. The summed E-state index contributed by atoms with van der Waals surface area (Å²) < 4.78 is 5.21. The lowest BCUT2D eigenvalue weighted by Crippen LogP contribution is -2.47. The third kappa shape index (κ3) is 4.61. The van der Waals surface area contributed by atoms with E-state index in [-0.39, 0.29) is 12.0 Å². The second kappa shape index (κ2) is 8.01. The number of halogens is 1. The molecule has 1 aliphatic carbocycles. The summed E-state index contributed by atoms with van der Waals surface area (Å²) in [6, 6.07) is 15.3. The lowest BCUT2D eigenvalue weighted by Gasteiger charge is -2.31. The van der Waals surface area contributed by atoms with Gasteiger partial charge in [-0.3, -0.25) is 0 Å². The van der Waals surface area contributed by atoms with Crippen LogP contribution in [-0.2, 0) is 16.1 Å². The number of rotatable bonds is 7. The Morgan fingerprint density at radius 2 is 1.78 bits per heavy atom. The van der Waals surface area contributed by atoms with Crippen molar-refractivity contribution in [1.82, 2.24) is 5.32 Å². The van der Waals surface area contributed by atoms with Crippen LogP contribution in [0, 0.1) is 5.41 Å². The summed E-state index contributed by atoms with van der Waals surface area (Å²) in [4.78, 5) is 24.3. The van der Waals surface area contributed by atoms with Gasteiger partial charge in [-0.2, -0.15) is 0 Å². The Labute approximate surface area is 163 Å². The van der Waals surface area contributed by atoms with E-state index in [0.29, 0.717) is 5.02 Å². The maximum atomic E-state index is 12.3. The highest BCUT2D eigenvalue weighted by Gasteiger charge is 2.51. The van der Waals surface area contributed by atoms with E-state index in [9.17, 15) is 14.7 Å². The molecule has 1 amide bonds. The summed E-state index contributed by atoms with van der Waals surface area (Å²) in [7, 11) is 0. The van der Waals surface area contributed by atoms with Crippen molar-refractivity contribution >= 4 is 23.7 Å². The molecule has 0 heterocycles. The minimum atomic E-state index is -1.12. The number of alkyl carbamates (subject to hydrolysis) is 1. The van der Waals surface area contributed by atoms with Crippen molar-refractivity contribution in [3.63, 3.8) is 0 Å². The average Bonchev–Trinajstić information content (AvgIpc) is 3.40. The van der Waals surface area contributed by atoms with E-state index in [1.807, 2.05) is 49.4 Å². The fraction of sp³-hybridized carbons (Fsp3) is 0.333. The molecular formula is C21H22ClNO4. The molecule has 2 aromatic rings. The van der Waals surface area contributed by atoms with E-state index in [0.717, 1.165) is 24.0 Å². The van der Waals surface area contributed by atoms with E-state index >= 15 is 0 Å². The molecule has 0 aliphatic heterocycles. The van der Waals surface area contributed by atoms with Crippen LogP contribution in [0.3, 0.4) is 0 Å². The Hall–Kier alpha value is -2.53. The van der Waals surface area contributed by atoms with Gasteiger partial charge < -0.3 is 15.2 Å². The van der Waals surface area contributed by atoms with Gasteiger partial charge in [0.2, 0.25) is 0 Å². The molecule has 2 N–H and O–H groups in total. The smallest absolute Gasteiger partial charge is 0.408 e. The molecule has 0 spiro atoms. The molecule has 2 atom stereocenters. The molecule has 1 aliphatic rings. The minimum Gasteiger partial charge on any atom is -0.480 e. The third-order valence-electron chi connectivity index (χ3n) is 5.12. The molecule has 2 aromatic carbocycles. The Morgan fingerprint density at radius 3 is 2.37 bits per heavy atom. The van der Waals surface area contributed by atoms with Crippen molar-refractivity contribution < 1.29 is 19.4 Å². The molecular weight excluding hydrogens is 366 g/mol. The van der Waals surface area contributed by atoms with Gasteiger partial charge in [-0.15, -0.1) is 0 Å². The van der Waals surface area contributed by atoms with Crippen LogP contribution in [0.4, 0.5) is 4.79 Å². The highest BCUT2D eigenvalue weighted by Crippen LogP contribution is 2.57. The molecule has 0 radical (unpaired) electrons. The fourth-order valence-corrected chi connectivity index (χ4v) is 3.63. The van der Waals surface area contributed by atoms with Crippen LogP contribution < -0.4 is 5.32 Å². The summed E-state index contributed by atoms with van der Waals surface area (Å²) >= 11 is 6.34. The lowest BCUT2D eigenvalue weighted by atomic mass is 9.79. The molecule has 0 unspecified atom stereocenters. The zero-order chi connectivity index (χ0) is 19.4. The van der Waals surface area contributed by atoms with Crippen LogP contribution in [0.25, 0.3) is 0 Å². The van der Waals surface area contributed by atoms with E-state index in [1.54, 1.807) is 12.1 Å². The Balaban J connectivity index is 1.77. The summed E-state index contributed by atoms with van der Waals surface area (Å²) in [5, 5.41) is 12.8. The first-order chi connectivity index (χ1) is 12.9. The predicted molar refractivity (Wildman–Crippen MR) is 103 cm³/mol. The number of aliphatic carboxylic acids is 1. The summed E-state index contributed by atoms with van der Waals surface area (Å²) in [6.45, 7) is 2.10. The highest BCUT2D eigenvalue weighted by atomic mass is 35.5. The Bertz CT molecular complexity index is 820. The molecule has 1 fully saturated rings. The largest absolute Gasteiger partial charge is 0.480 e. The van der Waals surface area contributed by atoms with Gasteiger partial charge in [0.15, 0.2) is 0 Å². The molecule has 142 valence electrons. The van der Waals surface area contributed by atoms with Gasteiger partial charge >= 0.3 is 12.1 Å². The van der Waals surface area contributed by atoms with Gasteiger partial charge in [0.25, 0.3) is 0 Å². The number of carboxylic acid groups (broad SMARTS) is 1. The zero-order valence-corrected chi connectivity index (χ0v) is 15.8. The van der Waals surface area contributed by atoms with Crippen LogP contribution in [0.1, 0.15) is 36.8 Å². The summed E-state index contributed by atoms with van der Waals surface area (Å²) in [6.07, 6.45) is 1.01. The van der Waals surface area contributed by atoms with E-state index in [2.05, 4.69) is 5.32 Å². The quantitative estimate of drug-likeness (QED) is 0.727. The van der Waals surface area contributed by atoms with Gasteiger partial charge in [0, 0.05) is 10.9 Å². The molecule has 6 heteroatoms. The standard InChI is InChI=1S/C21H22ClNO4/c1-21(11-12-21)17(15-9-5-6-10-16(15)22)18(19(24)25)23-20(26)27-13-14-7-3-2-4-8-14/h2-10,17-18H,11-13H2,1H3,(H,23,26)(H,24,25)/t17-,18-/m0/s1. The number of nitrogens with one attached hydrogen (secondary N) is 1. The summed E-state index contributed by atoms with van der Waals surface area (Å²) in [5.41, 5.74) is 1.34. The Morgan fingerprint density at radius 1 is 1.15 bits per heavy atom. The van der Waals surface area contributed by atoms with E-state index in [1.165, 1.54) is 0 Å². The number of benzene rings is 2. The molecule has 0 bridgehead atoms. The third-order valence-corrected chi connectivity index (χ3v) is 5.46. The van der Waals surface area contributed by atoms with Crippen molar-refractivity contribution in [3.05, 3.63) is 70.7 Å². The van der Waals surface area contributed by atoms with Crippen LogP contribution in [0.2, 0.25) is 5.02 Å². The van der Waals surface area contributed by atoms with Crippen LogP contribution in [-0.4, -0.2) is 23.2 Å². The maximum absolute atomic E-state index is 12.3. The molecule has 27 heavy (non-hydrogen) atoms. The van der Waals surface area contributed by atoms with Crippen molar-refractivity contribution in [2.45, 2.75) is 38.3 Å². The Kier molecular flexibility index (Phi) is 5.71. The molecule has 3 rings (SSSR count). The predicted octanol–water partition coefficient (Wildman–Crippen LogP) is 4.60. The van der Waals surface area contributed by atoms with Gasteiger partial charge in [0.1, 0.15) is 12.6 Å². The van der Waals surface area contributed by atoms with Crippen molar-refractivity contribution in [1.29, 1.82) is 0 Å². The van der Waals surface area contributed by atoms with Gasteiger partial charge in [-0.25, -0.2) is 9.59 Å². The number of hydrogen-bond donors (Lipinski definition) is 2. The lowest BCUT2D eigenvalue weighted by molar-refractivity contribution is -0.140.